The number of alkyl halides is 3. The summed E-state index contributed by atoms with van der Waals surface area (Å²) < 4.78 is 71.3. The van der Waals surface area contributed by atoms with E-state index in [-0.39, 0.29) is 30.8 Å². The molecule has 1 saturated heterocycles. The normalized spacial score (nSPS) is 18.1. The van der Waals surface area contributed by atoms with Gasteiger partial charge >= 0.3 is 6.18 Å². The van der Waals surface area contributed by atoms with Crippen molar-refractivity contribution < 1.29 is 26.0 Å². The first-order valence-corrected chi connectivity index (χ1v) is 10.5. The summed E-state index contributed by atoms with van der Waals surface area (Å²) >= 11 is 0. The SMILES string of the molecule is Cc1ccc(-c2nnc(C3CCN(S(=O)(=O)c4cccc(C(F)(F)F)c4)C3)o2)cn1. The number of hydrogen-bond acceptors (Lipinski definition) is 6. The van der Waals surface area contributed by atoms with E-state index in [1.807, 2.05) is 6.92 Å². The Kier molecular flexibility index (Phi) is 5.10. The maximum Gasteiger partial charge on any atom is 0.416 e. The number of pyridine rings is 1. The molecule has 158 valence electrons. The van der Waals surface area contributed by atoms with Crippen LogP contribution in [0.25, 0.3) is 11.5 Å². The highest BCUT2D eigenvalue weighted by molar-refractivity contribution is 7.89. The Labute approximate surface area is 170 Å². The topological polar surface area (TPSA) is 89.2 Å². The Morgan fingerprint density at radius 2 is 1.97 bits per heavy atom. The third-order valence-electron chi connectivity index (χ3n) is 4.90. The van der Waals surface area contributed by atoms with Crippen molar-refractivity contribution in [2.75, 3.05) is 13.1 Å². The van der Waals surface area contributed by atoms with Crippen LogP contribution in [0.3, 0.4) is 0 Å². The molecule has 30 heavy (non-hydrogen) atoms. The molecule has 7 nitrogen and oxygen atoms in total. The predicted molar refractivity (Wildman–Crippen MR) is 99.8 cm³/mol. The molecular formula is C19H17F3N4O3S. The lowest BCUT2D eigenvalue weighted by atomic mass is 10.1. The molecule has 1 aromatic carbocycles. The van der Waals surface area contributed by atoms with E-state index >= 15 is 0 Å². The molecule has 3 heterocycles. The zero-order valence-electron chi connectivity index (χ0n) is 15.8. The third-order valence-corrected chi connectivity index (χ3v) is 6.76. The molecule has 1 aliphatic heterocycles. The number of hydrogen-bond donors (Lipinski definition) is 0. The van der Waals surface area contributed by atoms with Crippen molar-refractivity contribution in [1.82, 2.24) is 19.5 Å². The molecule has 0 radical (unpaired) electrons. The average Bonchev–Trinajstić information content (AvgIpc) is 3.38. The summed E-state index contributed by atoms with van der Waals surface area (Å²) in [5.74, 6) is 0.217. The van der Waals surface area contributed by atoms with Crippen molar-refractivity contribution in [3.05, 3.63) is 59.7 Å². The van der Waals surface area contributed by atoms with E-state index in [2.05, 4.69) is 15.2 Å². The van der Waals surface area contributed by atoms with Gasteiger partial charge in [0.1, 0.15) is 0 Å². The smallest absolute Gasteiger partial charge is 0.416 e. The minimum absolute atomic E-state index is 0.0480. The maximum absolute atomic E-state index is 12.9. The van der Waals surface area contributed by atoms with Crippen molar-refractivity contribution in [2.45, 2.75) is 30.3 Å². The summed E-state index contributed by atoms with van der Waals surface area (Å²) in [6.07, 6.45) is -2.60. The summed E-state index contributed by atoms with van der Waals surface area (Å²) in [4.78, 5) is 3.78. The van der Waals surface area contributed by atoms with E-state index in [9.17, 15) is 21.6 Å². The van der Waals surface area contributed by atoms with Gasteiger partial charge in [-0.05, 0) is 43.7 Å². The highest BCUT2D eigenvalue weighted by Gasteiger charge is 2.37. The molecule has 0 spiro atoms. The number of aromatic nitrogens is 3. The number of nitrogens with zero attached hydrogens (tertiary/aromatic N) is 4. The molecule has 1 atom stereocenters. The van der Waals surface area contributed by atoms with Gasteiger partial charge in [-0.15, -0.1) is 10.2 Å². The van der Waals surface area contributed by atoms with Crippen LogP contribution in [0.5, 0.6) is 0 Å². The molecule has 1 unspecified atom stereocenters. The van der Waals surface area contributed by atoms with Gasteiger partial charge in [0.15, 0.2) is 0 Å². The van der Waals surface area contributed by atoms with Crippen LogP contribution in [0.1, 0.15) is 29.5 Å². The van der Waals surface area contributed by atoms with Gasteiger partial charge in [0, 0.05) is 25.0 Å². The largest absolute Gasteiger partial charge is 0.420 e. The quantitative estimate of drug-likeness (QED) is 0.618. The Balaban J connectivity index is 1.53. The lowest BCUT2D eigenvalue weighted by molar-refractivity contribution is -0.137. The van der Waals surface area contributed by atoms with Crippen LogP contribution in [0.2, 0.25) is 0 Å². The molecule has 1 fully saturated rings. The van der Waals surface area contributed by atoms with Crippen LogP contribution in [0.15, 0.2) is 51.9 Å². The first-order chi connectivity index (χ1) is 14.1. The second kappa shape index (κ2) is 7.47. The Bertz CT molecular complexity index is 1160. The van der Waals surface area contributed by atoms with E-state index < -0.39 is 26.7 Å². The van der Waals surface area contributed by atoms with Crippen LogP contribution in [-0.4, -0.2) is 41.0 Å². The van der Waals surface area contributed by atoms with Gasteiger partial charge in [-0.1, -0.05) is 6.07 Å². The second-order valence-electron chi connectivity index (χ2n) is 7.01. The molecule has 0 saturated carbocycles. The van der Waals surface area contributed by atoms with Crippen LogP contribution in [0, 0.1) is 6.92 Å². The molecule has 11 heteroatoms. The Hall–Kier alpha value is -2.79. The van der Waals surface area contributed by atoms with E-state index in [0.717, 1.165) is 28.2 Å². The predicted octanol–water partition coefficient (Wildman–Crippen LogP) is 3.64. The van der Waals surface area contributed by atoms with Crippen molar-refractivity contribution in [3.8, 4) is 11.5 Å². The molecular weight excluding hydrogens is 421 g/mol. The lowest BCUT2D eigenvalue weighted by Gasteiger charge is -2.17. The number of benzene rings is 1. The highest BCUT2D eigenvalue weighted by atomic mass is 32.2. The van der Waals surface area contributed by atoms with Crippen molar-refractivity contribution in [2.24, 2.45) is 0 Å². The lowest BCUT2D eigenvalue weighted by Crippen LogP contribution is -2.29. The fourth-order valence-corrected chi connectivity index (χ4v) is 4.79. The molecule has 4 rings (SSSR count). The van der Waals surface area contributed by atoms with Crippen LogP contribution < -0.4 is 0 Å². The second-order valence-corrected chi connectivity index (χ2v) is 8.95. The fraction of sp³-hybridized carbons (Fsp3) is 0.316. The fourth-order valence-electron chi connectivity index (χ4n) is 3.24. The molecule has 0 amide bonds. The van der Waals surface area contributed by atoms with E-state index in [0.29, 0.717) is 18.1 Å². The van der Waals surface area contributed by atoms with Gasteiger partial charge in [-0.25, -0.2) is 8.42 Å². The first-order valence-electron chi connectivity index (χ1n) is 9.08. The molecule has 0 aliphatic carbocycles. The van der Waals surface area contributed by atoms with Crippen molar-refractivity contribution in [1.29, 1.82) is 0 Å². The third kappa shape index (κ3) is 3.94. The Morgan fingerprint density at radius 1 is 1.17 bits per heavy atom. The van der Waals surface area contributed by atoms with Gasteiger partial charge in [-0.2, -0.15) is 17.5 Å². The molecule has 3 aromatic rings. The first kappa shape index (κ1) is 20.5. The van der Waals surface area contributed by atoms with Crippen LogP contribution in [-0.2, 0) is 16.2 Å². The molecule has 0 N–H and O–H groups in total. The van der Waals surface area contributed by atoms with Gasteiger partial charge < -0.3 is 4.42 Å². The maximum atomic E-state index is 12.9. The van der Waals surface area contributed by atoms with Gasteiger partial charge in [-0.3, -0.25) is 4.98 Å². The zero-order chi connectivity index (χ0) is 21.5. The van der Waals surface area contributed by atoms with Gasteiger partial charge in [0.2, 0.25) is 21.8 Å². The number of halogens is 3. The summed E-state index contributed by atoms with van der Waals surface area (Å²) in [5.41, 5.74) is 0.475. The van der Waals surface area contributed by atoms with Crippen molar-refractivity contribution in [3.63, 3.8) is 0 Å². The zero-order valence-corrected chi connectivity index (χ0v) is 16.6. The van der Waals surface area contributed by atoms with Crippen LogP contribution in [0.4, 0.5) is 13.2 Å². The highest BCUT2D eigenvalue weighted by Crippen LogP contribution is 2.34. The van der Waals surface area contributed by atoms with Gasteiger partial charge in [0.25, 0.3) is 0 Å². The summed E-state index contributed by atoms with van der Waals surface area (Å²) in [6, 6.07) is 7.33. The molecule has 0 bridgehead atoms. The standard InChI is InChI=1S/C19H17F3N4O3S/c1-12-5-6-13(10-23-12)17-24-25-18(29-17)14-7-8-26(11-14)30(27,28)16-4-2-3-15(9-16)19(20,21)22/h2-6,9-10,14H,7-8,11H2,1H3. The van der Waals surface area contributed by atoms with Gasteiger partial charge in [0.05, 0.1) is 21.9 Å². The summed E-state index contributed by atoms with van der Waals surface area (Å²) in [5, 5.41) is 8.01. The minimum atomic E-state index is -4.62. The van der Waals surface area contributed by atoms with E-state index in [4.69, 9.17) is 4.42 Å². The number of aryl methyl sites for hydroxylation is 1. The number of rotatable bonds is 4. The average molecular weight is 438 g/mol. The summed E-state index contributed by atoms with van der Waals surface area (Å²) in [6.45, 7) is 2.04. The minimum Gasteiger partial charge on any atom is -0.420 e. The summed E-state index contributed by atoms with van der Waals surface area (Å²) in [7, 11) is -4.08. The van der Waals surface area contributed by atoms with E-state index in [1.54, 1.807) is 18.3 Å². The monoisotopic (exact) mass is 438 g/mol. The molecule has 1 aliphatic rings. The number of sulfonamides is 1. The van der Waals surface area contributed by atoms with Crippen LogP contribution >= 0.6 is 0 Å². The van der Waals surface area contributed by atoms with Crippen molar-refractivity contribution >= 4 is 10.0 Å². The van der Waals surface area contributed by atoms with E-state index in [1.165, 1.54) is 0 Å². The Morgan fingerprint density at radius 3 is 2.67 bits per heavy atom. The molecule has 2 aromatic heterocycles.